The molecule has 1 aliphatic rings. The molecule has 1 amide bonds. The Morgan fingerprint density at radius 1 is 1.08 bits per heavy atom. The van der Waals surface area contributed by atoms with Gasteiger partial charge in [0, 0.05) is 11.6 Å². The van der Waals surface area contributed by atoms with E-state index in [0.29, 0.717) is 5.56 Å². The van der Waals surface area contributed by atoms with Gasteiger partial charge in [0.2, 0.25) is 0 Å². The molecule has 1 aromatic carbocycles. The topological polar surface area (TPSA) is 76.4 Å². The van der Waals surface area contributed by atoms with Crippen LogP contribution in [0.3, 0.4) is 0 Å². The summed E-state index contributed by atoms with van der Waals surface area (Å²) >= 11 is 0. The van der Waals surface area contributed by atoms with E-state index in [9.17, 15) is 13.2 Å². The van der Waals surface area contributed by atoms with Crippen molar-refractivity contribution in [2.24, 2.45) is 0 Å². The summed E-state index contributed by atoms with van der Waals surface area (Å²) in [7, 11) is -3.51. The summed E-state index contributed by atoms with van der Waals surface area (Å²) in [6.45, 7) is 0. The van der Waals surface area contributed by atoms with Gasteiger partial charge in [0.15, 0.2) is 15.6 Å². The zero-order valence-electron chi connectivity index (χ0n) is 13.4. The van der Waals surface area contributed by atoms with Gasteiger partial charge in [-0.1, -0.05) is 37.5 Å². The van der Waals surface area contributed by atoms with Crippen LogP contribution in [-0.2, 0) is 15.6 Å². The first-order valence-electron chi connectivity index (χ1n) is 8.21. The van der Waals surface area contributed by atoms with Gasteiger partial charge in [-0.3, -0.25) is 4.79 Å². The molecule has 3 rings (SSSR count). The molecule has 128 valence electrons. The third-order valence-electron chi connectivity index (χ3n) is 4.34. The molecule has 6 heteroatoms. The molecular weight excluding hydrogens is 326 g/mol. The highest BCUT2D eigenvalue weighted by Crippen LogP contribution is 2.21. The second-order valence-electron chi connectivity index (χ2n) is 6.16. The second kappa shape index (κ2) is 7.21. The Morgan fingerprint density at radius 2 is 1.79 bits per heavy atom. The summed E-state index contributed by atoms with van der Waals surface area (Å²) in [5.74, 6) is -0.480. The van der Waals surface area contributed by atoms with Gasteiger partial charge in [-0.2, -0.15) is 0 Å². The smallest absolute Gasteiger partial charge is 0.287 e. The number of rotatable bonds is 5. The first-order valence-corrected chi connectivity index (χ1v) is 9.86. The summed E-state index contributed by atoms with van der Waals surface area (Å²) < 4.78 is 30.3. The fourth-order valence-corrected chi connectivity index (χ4v) is 4.44. The fourth-order valence-electron chi connectivity index (χ4n) is 3.06. The minimum Gasteiger partial charge on any atom is -0.459 e. The zero-order valence-corrected chi connectivity index (χ0v) is 14.2. The second-order valence-corrected chi connectivity index (χ2v) is 8.15. The third kappa shape index (κ3) is 3.87. The first-order chi connectivity index (χ1) is 11.6. The van der Waals surface area contributed by atoms with E-state index in [1.54, 1.807) is 36.4 Å². The lowest BCUT2D eigenvalue weighted by Gasteiger charge is -2.22. The van der Waals surface area contributed by atoms with Crippen LogP contribution in [0.15, 0.2) is 52.0 Å². The van der Waals surface area contributed by atoms with E-state index in [0.717, 1.165) is 25.7 Å². The van der Waals surface area contributed by atoms with Crippen molar-refractivity contribution in [3.05, 3.63) is 54.0 Å². The van der Waals surface area contributed by atoms with E-state index in [4.69, 9.17) is 4.42 Å². The summed E-state index contributed by atoms with van der Waals surface area (Å²) in [4.78, 5) is 12.7. The van der Waals surface area contributed by atoms with Crippen LogP contribution in [0.4, 0.5) is 0 Å². The number of hydrogen-bond acceptors (Lipinski definition) is 4. The molecule has 1 fully saturated rings. The van der Waals surface area contributed by atoms with Crippen LogP contribution in [-0.4, -0.2) is 20.4 Å². The van der Waals surface area contributed by atoms with Crippen LogP contribution < -0.4 is 5.32 Å². The molecule has 0 bridgehead atoms. The standard InChI is InChI=1S/C18H21NO4S/c20-18(19-15-7-3-1-4-8-15)17-14(11-12-23-17)13-24(21,22)16-9-5-2-6-10-16/h2,5-6,9-12,15H,1,3-4,7-8,13H2,(H,19,20). The Kier molecular flexibility index (Phi) is 5.04. The van der Waals surface area contributed by atoms with Crippen molar-refractivity contribution < 1.29 is 17.6 Å². The van der Waals surface area contributed by atoms with Crippen molar-refractivity contribution in [1.82, 2.24) is 5.32 Å². The van der Waals surface area contributed by atoms with E-state index in [1.165, 1.54) is 12.7 Å². The highest BCUT2D eigenvalue weighted by Gasteiger charge is 2.24. The molecule has 1 aromatic heterocycles. The number of amides is 1. The van der Waals surface area contributed by atoms with Gasteiger partial charge in [0.25, 0.3) is 5.91 Å². The number of carbonyl (C=O) groups excluding carboxylic acids is 1. The van der Waals surface area contributed by atoms with Gasteiger partial charge in [-0.25, -0.2) is 8.42 Å². The van der Waals surface area contributed by atoms with Gasteiger partial charge in [-0.05, 0) is 31.0 Å². The Balaban J connectivity index is 1.74. The molecule has 0 radical (unpaired) electrons. The minimum atomic E-state index is -3.51. The van der Waals surface area contributed by atoms with Gasteiger partial charge in [-0.15, -0.1) is 0 Å². The Hall–Kier alpha value is -2.08. The van der Waals surface area contributed by atoms with Gasteiger partial charge >= 0.3 is 0 Å². The Bertz CT molecular complexity index is 789. The van der Waals surface area contributed by atoms with Crippen molar-refractivity contribution >= 4 is 15.7 Å². The molecule has 0 atom stereocenters. The largest absolute Gasteiger partial charge is 0.459 e. The highest BCUT2D eigenvalue weighted by molar-refractivity contribution is 7.90. The number of carbonyl (C=O) groups is 1. The molecule has 2 aromatic rings. The number of nitrogens with one attached hydrogen (secondary N) is 1. The van der Waals surface area contributed by atoms with Crippen LogP contribution in [0.2, 0.25) is 0 Å². The highest BCUT2D eigenvalue weighted by atomic mass is 32.2. The summed E-state index contributed by atoms with van der Waals surface area (Å²) in [6.07, 6.45) is 6.71. The third-order valence-corrected chi connectivity index (χ3v) is 6.02. The quantitative estimate of drug-likeness (QED) is 0.900. The van der Waals surface area contributed by atoms with Crippen molar-refractivity contribution in [2.45, 2.75) is 48.8 Å². The van der Waals surface area contributed by atoms with Gasteiger partial charge < -0.3 is 9.73 Å². The molecule has 0 saturated heterocycles. The molecule has 0 aliphatic heterocycles. The summed E-state index contributed by atoms with van der Waals surface area (Å²) in [6, 6.07) is 9.93. The molecule has 24 heavy (non-hydrogen) atoms. The van der Waals surface area contributed by atoms with E-state index in [2.05, 4.69) is 5.32 Å². The van der Waals surface area contributed by atoms with Gasteiger partial charge in [0.05, 0.1) is 16.9 Å². The predicted molar refractivity (Wildman–Crippen MR) is 90.4 cm³/mol. The lowest BCUT2D eigenvalue weighted by Crippen LogP contribution is -2.36. The predicted octanol–water partition coefficient (Wildman–Crippen LogP) is 3.32. The normalized spacial score (nSPS) is 16.0. The van der Waals surface area contributed by atoms with Crippen molar-refractivity contribution in [2.75, 3.05) is 0 Å². The van der Waals surface area contributed by atoms with Crippen molar-refractivity contribution in [1.29, 1.82) is 0 Å². The van der Waals surface area contributed by atoms with Crippen molar-refractivity contribution in [3.8, 4) is 0 Å². The molecule has 5 nitrogen and oxygen atoms in total. The van der Waals surface area contributed by atoms with Crippen LogP contribution in [0.5, 0.6) is 0 Å². The lowest BCUT2D eigenvalue weighted by molar-refractivity contribution is 0.0898. The number of sulfone groups is 1. The van der Waals surface area contributed by atoms with Crippen LogP contribution in [0.1, 0.15) is 48.2 Å². The SMILES string of the molecule is O=C(NC1CCCCC1)c1occc1CS(=O)(=O)c1ccccc1. The summed E-state index contributed by atoms with van der Waals surface area (Å²) in [5.41, 5.74) is 0.396. The van der Waals surface area contributed by atoms with Crippen LogP contribution >= 0.6 is 0 Å². The van der Waals surface area contributed by atoms with Gasteiger partial charge in [0.1, 0.15) is 0 Å². The van der Waals surface area contributed by atoms with E-state index >= 15 is 0 Å². The minimum absolute atomic E-state index is 0.0973. The number of hydrogen-bond donors (Lipinski definition) is 1. The molecule has 1 heterocycles. The Labute approximate surface area is 142 Å². The van der Waals surface area contributed by atoms with E-state index in [-0.39, 0.29) is 28.4 Å². The summed E-state index contributed by atoms with van der Waals surface area (Å²) in [5, 5.41) is 2.96. The van der Waals surface area contributed by atoms with Crippen molar-refractivity contribution in [3.63, 3.8) is 0 Å². The van der Waals surface area contributed by atoms with Crippen LogP contribution in [0, 0.1) is 0 Å². The maximum absolute atomic E-state index is 12.5. The first kappa shape index (κ1) is 16.8. The fraction of sp³-hybridized carbons (Fsp3) is 0.389. The zero-order chi connectivity index (χ0) is 17.0. The average molecular weight is 347 g/mol. The number of benzene rings is 1. The van der Waals surface area contributed by atoms with E-state index in [1.807, 2.05) is 0 Å². The number of furan rings is 1. The molecule has 1 aliphatic carbocycles. The maximum atomic E-state index is 12.5. The monoisotopic (exact) mass is 347 g/mol. The Morgan fingerprint density at radius 3 is 2.50 bits per heavy atom. The molecule has 1 saturated carbocycles. The lowest BCUT2D eigenvalue weighted by atomic mass is 9.95. The maximum Gasteiger partial charge on any atom is 0.287 e. The molecule has 1 N–H and O–H groups in total. The molecule has 0 spiro atoms. The van der Waals surface area contributed by atoms with Crippen LogP contribution in [0.25, 0.3) is 0 Å². The molecule has 0 unspecified atom stereocenters. The molecular formula is C18H21NO4S. The average Bonchev–Trinajstić information content (AvgIpc) is 3.04. The van der Waals surface area contributed by atoms with E-state index < -0.39 is 9.84 Å².